The summed E-state index contributed by atoms with van der Waals surface area (Å²) in [6.07, 6.45) is 0. The largest absolute Gasteiger partial charge is 0.492 e. The number of hydrogen-bond donors (Lipinski definition) is 2. The average molecular weight is 386 g/mol. The number of urea groups is 1. The molecule has 0 atom stereocenters. The third-order valence-corrected chi connectivity index (χ3v) is 4.71. The van der Waals surface area contributed by atoms with Gasteiger partial charge in [0, 0.05) is 45.0 Å². The van der Waals surface area contributed by atoms with Gasteiger partial charge in [-0.3, -0.25) is 4.90 Å². The molecule has 0 aliphatic carbocycles. The van der Waals surface area contributed by atoms with Crippen molar-refractivity contribution < 1.29 is 13.9 Å². The molecule has 1 saturated heterocycles. The van der Waals surface area contributed by atoms with Crippen molar-refractivity contribution in [1.29, 1.82) is 0 Å². The average Bonchev–Trinajstić information content (AvgIpc) is 2.71. The monoisotopic (exact) mass is 386 g/mol. The molecule has 1 fully saturated rings. The second kappa shape index (κ2) is 9.94. The van der Waals surface area contributed by atoms with Gasteiger partial charge in [0.1, 0.15) is 11.6 Å². The van der Waals surface area contributed by atoms with Gasteiger partial charge in [0.05, 0.1) is 12.3 Å². The molecule has 2 amide bonds. The molecular formula is C21H27FN4O2. The molecule has 0 spiro atoms. The van der Waals surface area contributed by atoms with E-state index < -0.39 is 0 Å². The van der Waals surface area contributed by atoms with E-state index in [1.807, 2.05) is 43.3 Å². The molecule has 0 radical (unpaired) electrons. The van der Waals surface area contributed by atoms with Gasteiger partial charge in [0.25, 0.3) is 0 Å². The summed E-state index contributed by atoms with van der Waals surface area (Å²) in [5.41, 5.74) is 1.71. The Labute approximate surface area is 165 Å². The third-order valence-electron chi connectivity index (χ3n) is 4.71. The van der Waals surface area contributed by atoms with Crippen molar-refractivity contribution in [1.82, 2.24) is 10.2 Å². The van der Waals surface area contributed by atoms with E-state index in [9.17, 15) is 9.18 Å². The van der Waals surface area contributed by atoms with Crippen LogP contribution in [0.25, 0.3) is 0 Å². The van der Waals surface area contributed by atoms with Gasteiger partial charge in [0.2, 0.25) is 0 Å². The molecule has 0 bridgehead atoms. The number of para-hydroxylation sites is 2. The van der Waals surface area contributed by atoms with Crippen molar-refractivity contribution >= 4 is 17.4 Å². The van der Waals surface area contributed by atoms with Crippen molar-refractivity contribution in [3.05, 3.63) is 54.3 Å². The summed E-state index contributed by atoms with van der Waals surface area (Å²) in [7, 11) is 0. The van der Waals surface area contributed by atoms with Gasteiger partial charge in [-0.2, -0.15) is 0 Å². The van der Waals surface area contributed by atoms with Gasteiger partial charge in [-0.25, -0.2) is 9.18 Å². The lowest BCUT2D eigenvalue weighted by Crippen LogP contribution is -2.48. The lowest BCUT2D eigenvalue weighted by Gasteiger charge is -2.36. The highest BCUT2D eigenvalue weighted by atomic mass is 19.1. The molecule has 2 aromatic rings. The fourth-order valence-corrected chi connectivity index (χ4v) is 3.23. The maximum absolute atomic E-state index is 13.0. The van der Waals surface area contributed by atoms with E-state index in [-0.39, 0.29) is 11.8 Å². The van der Waals surface area contributed by atoms with Crippen LogP contribution in [-0.2, 0) is 0 Å². The van der Waals surface area contributed by atoms with Gasteiger partial charge in [0.15, 0.2) is 0 Å². The first-order valence-electron chi connectivity index (χ1n) is 9.65. The molecule has 6 nitrogen and oxygen atoms in total. The second-order valence-electron chi connectivity index (χ2n) is 6.62. The molecule has 0 unspecified atom stereocenters. The van der Waals surface area contributed by atoms with Crippen molar-refractivity contribution in [2.75, 3.05) is 56.1 Å². The lowest BCUT2D eigenvalue weighted by atomic mass is 10.2. The molecule has 1 aliphatic heterocycles. The standard InChI is InChI=1S/C21H27FN4O2/c1-2-28-20-6-4-3-5-19(20)24-21(27)23-11-12-25-13-15-26(16-14-25)18-9-7-17(22)8-10-18/h3-10H,2,11-16H2,1H3,(H2,23,24,27). The van der Waals surface area contributed by atoms with E-state index in [0.717, 1.165) is 38.4 Å². The van der Waals surface area contributed by atoms with E-state index in [1.54, 1.807) is 0 Å². The molecule has 2 N–H and O–H groups in total. The van der Waals surface area contributed by atoms with Gasteiger partial charge < -0.3 is 20.3 Å². The fourth-order valence-electron chi connectivity index (χ4n) is 3.23. The normalized spacial score (nSPS) is 14.6. The van der Waals surface area contributed by atoms with Crippen LogP contribution in [-0.4, -0.2) is 56.8 Å². The SMILES string of the molecule is CCOc1ccccc1NC(=O)NCCN1CCN(c2ccc(F)cc2)CC1. The maximum atomic E-state index is 13.0. The van der Waals surface area contributed by atoms with Gasteiger partial charge in [-0.05, 0) is 43.3 Å². The van der Waals surface area contributed by atoms with Gasteiger partial charge in [-0.1, -0.05) is 12.1 Å². The van der Waals surface area contributed by atoms with E-state index >= 15 is 0 Å². The van der Waals surface area contributed by atoms with Crippen LogP contribution in [0.1, 0.15) is 6.92 Å². The summed E-state index contributed by atoms with van der Waals surface area (Å²) in [6.45, 7) is 7.41. The first kappa shape index (κ1) is 19.9. The molecule has 3 rings (SSSR count). The highest BCUT2D eigenvalue weighted by Crippen LogP contribution is 2.23. The second-order valence-corrected chi connectivity index (χ2v) is 6.62. The summed E-state index contributed by atoms with van der Waals surface area (Å²) in [6, 6.07) is 13.8. The molecule has 7 heteroatoms. The van der Waals surface area contributed by atoms with E-state index in [1.165, 1.54) is 12.1 Å². The predicted molar refractivity (Wildman–Crippen MR) is 110 cm³/mol. The van der Waals surface area contributed by atoms with Crippen molar-refractivity contribution in [3.8, 4) is 5.75 Å². The Morgan fingerprint density at radius 1 is 1.07 bits per heavy atom. The molecule has 0 saturated carbocycles. The van der Waals surface area contributed by atoms with Crippen LogP contribution >= 0.6 is 0 Å². The van der Waals surface area contributed by atoms with Crippen LogP contribution in [0.2, 0.25) is 0 Å². The zero-order chi connectivity index (χ0) is 19.8. The number of rotatable bonds is 7. The number of carbonyl (C=O) groups excluding carboxylic acids is 1. The third kappa shape index (κ3) is 5.60. The van der Waals surface area contributed by atoms with Gasteiger partial charge >= 0.3 is 6.03 Å². The van der Waals surface area contributed by atoms with Crippen LogP contribution in [0.5, 0.6) is 5.75 Å². The first-order chi connectivity index (χ1) is 13.7. The number of hydrogen-bond acceptors (Lipinski definition) is 4. The highest BCUT2D eigenvalue weighted by Gasteiger charge is 2.17. The summed E-state index contributed by atoms with van der Waals surface area (Å²) >= 11 is 0. The smallest absolute Gasteiger partial charge is 0.319 e. The Morgan fingerprint density at radius 2 is 1.79 bits per heavy atom. The van der Waals surface area contributed by atoms with E-state index in [4.69, 9.17) is 4.74 Å². The molecule has 150 valence electrons. The first-order valence-corrected chi connectivity index (χ1v) is 9.65. The van der Waals surface area contributed by atoms with E-state index in [0.29, 0.717) is 24.6 Å². The van der Waals surface area contributed by atoms with Crippen LogP contribution in [0, 0.1) is 5.82 Å². The molecule has 1 heterocycles. The number of amides is 2. The minimum Gasteiger partial charge on any atom is -0.492 e. The maximum Gasteiger partial charge on any atom is 0.319 e. The molecule has 0 aromatic heterocycles. The Balaban J connectivity index is 1.38. The number of carbonyl (C=O) groups is 1. The Morgan fingerprint density at radius 3 is 2.50 bits per heavy atom. The quantitative estimate of drug-likeness (QED) is 0.768. The number of nitrogens with zero attached hydrogens (tertiary/aromatic N) is 2. The highest BCUT2D eigenvalue weighted by molar-refractivity contribution is 5.90. The number of nitrogens with one attached hydrogen (secondary N) is 2. The fraction of sp³-hybridized carbons (Fsp3) is 0.381. The zero-order valence-electron chi connectivity index (χ0n) is 16.2. The van der Waals surface area contributed by atoms with Crippen LogP contribution in [0.4, 0.5) is 20.6 Å². The topological polar surface area (TPSA) is 56.8 Å². The summed E-state index contributed by atoms with van der Waals surface area (Å²) in [5.74, 6) is 0.452. The molecular weight excluding hydrogens is 359 g/mol. The number of benzene rings is 2. The molecule has 28 heavy (non-hydrogen) atoms. The number of anilines is 2. The number of ether oxygens (including phenoxy) is 1. The zero-order valence-corrected chi connectivity index (χ0v) is 16.2. The Hall–Kier alpha value is -2.80. The number of halogens is 1. The molecule has 1 aliphatic rings. The predicted octanol–water partition coefficient (Wildman–Crippen LogP) is 3.17. The number of piperazine rings is 1. The Kier molecular flexibility index (Phi) is 7.08. The Bertz CT molecular complexity index is 761. The molecule has 2 aromatic carbocycles. The van der Waals surface area contributed by atoms with Crippen LogP contribution < -0.4 is 20.3 Å². The van der Waals surface area contributed by atoms with Crippen LogP contribution in [0.3, 0.4) is 0 Å². The van der Waals surface area contributed by atoms with Crippen molar-refractivity contribution in [3.63, 3.8) is 0 Å². The minimum atomic E-state index is -0.239. The summed E-state index contributed by atoms with van der Waals surface area (Å²) in [5, 5.41) is 5.73. The van der Waals surface area contributed by atoms with Crippen molar-refractivity contribution in [2.45, 2.75) is 6.92 Å². The van der Waals surface area contributed by atoms with Crippen molar-refractivity contribution in [2.24, 2.45) is 0 Å². The van der Waals surface area contributed by atoms with Gasteiger partial charge in [-0.15, -0.1) is 0 Å². The summed E-state index contributed by atoms with van der Waals surface area (Å²) in [4.78, 5) is 16.7. The van der Waals surface area contributed by atoms with Crippen LogP contribution in [0.15, 0.2) is 48.5 Å². The van der Waals surface area contributed by atoms with E-state index in [2.05, 4.69) is 20.4 Å². The minimum absolute atomic E-state index is 0.212. The lowest BCUT2D eigenvalue weighted by molar-refractivity contribution is 0.240. The summed E-state index contributed by atoms with van der Waals surface area (Å²) < 4.78 is 18.6.